The predicted octanol–water partition coefficient (Wildman–Crippen LogP) is -0.553. The summed E-state index contributed by atoms with van der Waals surface area (Å²) in [5.74, 6) is 0. The topological polar surface area (TPSA) is 75.4 Å². The third-order valence-corrected chi connectivity index (χ3v) is 3.35. The average Bonchev–Trinajstić information content (AvgIpc) is 1.99. The molecule has 0 aromatic rings. The molecule has 0 radical (unpaired) electrons. The first-order chi connectivity index (χ1) is 5.81. The quantitative estimate of drug-likeness (QED) is 0.615. The van der Waals surface area contributed by atoms with E-state index in [0.29, 0.717) is 6.42 Å². The zero-order valence-electron chi connectivity index (χ0n) is 7.94. The van der Waals surface area contributed by atoms with E-state index in [2.05, 4.69) is 4.72 Å². The summed E-state index contributed by atoms with van der Waals surface area (Å²) in [6.45, 7) is 1.81. The largest absolute Gasteiger partial charge is 0.392 e. The first-order valence-corrected chi connectivity index (χ1v) is 5.65. The standard InChI is InChI=1S/C6H15N3O2S2/c1-4-5(6(7)12)8-13(10,11)9(2)3/h5,8H,4H2,1-3H3,(H2,7,12). The van der Waals surface area contributed by atoms with Crippen molar-refractivity contribution in [3.8, 4) is 0 Å². The van der Waals surface area contributed by atoms with Gasteiger partial charge in [0.05, 0.1) is 11.0 Å². The lowest BCUT2D eigenvalue weighted by Gasteiger charge is -2.18. The summed E-state index contributed by atoms with van der Waals surface area (Å²) in [5, 5.41) is 0. The summed E-state index contributed by atoms with van der Waals surface area (Å²) in [4.78, 5) is 0.160. The van der Waals surface area contributed by atoms with Crippen molar-refractivity contribution in [1.82, 2.24) is 9.03 Å². The lowest BCUT2D eigenvalue weighted by Crippen LogP contribution is -2.47. The zero-order valence-corrected chi connectivity index (χ0v) is 9.58. The second kappa shape index (κ2) is 4.85. The van der Waals surface area contributed by atoms with Crippen LogP contribution in [-0.4, -0.2) is 37.8 Å². The Morgan fingerprint density at radius 3 is 2.31 bits per heavy atom. The van der Waals surface area contributed by atoms with Gasteiger partial charge in [-0.05, 0) is 6.42 Å². The number of nitrogens with two attached hydrogens (primary N) is 1. The van der Waals surface area contributed by atoms with Gasteiger partial charge in [0.25, 0.3) is 10.2 Å². The minimum absolute atomic E-state index is 0.160. The van der Waals surface area contributed by atoms with Crippen LogP contribution in [0.3, 0.4) is 0 Å². The summed E-state index contributed by atoms with van der Waals surface area (Å²) in [5.41, 5.74) is 5.34. The van der Waals surface area contributed by atoms with Crippen molar-refractivity contribution in [2.45, 2.75) is 19.4 Å². The van der Waals surface area contributed by atoms with Crippen molar-refractivity contribution in [3.63, 3.8) is 0 Å². The molecule has 0 aliphatic rings. The molecule has 0 aliphatic carbocycles. The van der Waals surface area contributed by atoms with E-state index in [1.54, 1.807) is 0 Å². The second-order valence-corrected chi connectivity index (χ2v) is 5.16. The molecule has 5 nitrogen and oxygen atoms in total. The van der Waals surface area contributed by atoms with Crippen molar-refractivity contribution in [3.05, 3.63) is 0 Å². The number of nitrogens with zero attached hydrogens (tertiary/aromatic N) is 1. The van der Waals surface area contributed by atoms with E-state index in [9.17, 15) is 8.42 Å². The van der Waals surface area contributed by atoms with Gasteiger partial charge >= 0.3 is 0 Å². The lowest BCUT2D eigenvalue weighted by atomic mass is 10.2. The molecule has 0 spiro atoms. The Morgan fingerprint density at radius 1 is 1.62 bits per heavy atom. The maximum Gasteiger partial charge on any atom is 0.279 e. The van der Waals surface area contributed by atoms with Crippen molar-refractivity contribution in [1.29, 1.82) is 0 Å². The summed E-state index contributed by atoms with van der Waals surface area (Å²) in [6.07, 6.45) is 0.544. The third-order valence-electron chi connectivity index (χ3n) is 1.52. The van der Waals surface area contributed by atoms with Gasteiger partial charge in [0.15, 0.2) is 0 Å². The van der Waals surface area contributed by atoms with Gasteiger partial charge in [0.2, 0.25) is 0 Å². The summed E-state index contributed by atoms with van der Waals surface area (Å²) in [6, 6.07) is -0.470. The maximum absolute atomic E-state index is 11.3. The molecule has 0 rings (SSSR count). The Morgan fingerprint density at radius 2 is 2.08 bits per heavy atom. The van der Waals surface area contributed by atoms with Gasteiger partial charge in [0.1, 0.15) is 0 Å². The molecule has 3 N–H and O–H groups in total. The predicted molar refractivity (Wildman–Crippen MR) is 56.6 cm³/mol. The Labute approximate surface area is 84.5 Å². The molecule has 13 heavy (non-hydrogen) atoms. The fourth-order valence-corrected chi connectivity index (χ4v) is 1.79. The summed E-state index contributed by atoms with van der Waals surface area (Å²) in [7, 11) is -0.560. The van der Waals surface area contributed by atoms with E-state index in [-0.39, 0.29) is 4.99 Å². The Kier molecular flexibility index (Phi) is 4.76. The first-order valence-electron chi connectivity index (χ1n) is 3.80. The maximum atomic E-state index is 11.3. The molecule has 1 unspecified atom stereocenters. The van der Waals surface area contributed by atoms with Gasteiger partial charge < -0.3 is 5.73 Å². The normalized spacial score (nSPS) is 14.5. The SMILES string of the molecule is CCC(NS(=O)(=O)N(C)C)C(N)=S. The second-order valence-electron chi connectivity index (χ2n) is 2.77. The van der Waals surface area contributed by atoms with E-state index < -0.39 is 16.3 Å². The van der Waals surface area contributed by atoms with Gasteiger partial charge in [-0.1, -0.05) is 19.1 Å². The molecule has 0 aliphatic heterocycles. The van der Waals surface area contributed by atoms with Crippen LogP contribution in [0.5, 0.6) is 0 Å². The van der Waals surface area contributed by atoms with Crippen LogP contribution in [0.15, 0.2) is 0 Å². The van der Waals surface area contributed by atoms with E-state index >= 15 is 0 Å². The molecule has 1 atom stereocenters. The molecular weight excluding hydrogens is 210 g/mol. The van der Waals surface area contributed by atoms with E-state index in [4.69, 9.17) is 18.0 Å². The van der Waals surface area contributed by atoms with Gasteiger partial charge in [-0.2, -0.15) is 17.4 Å². The van der Waals surface area contributed by atoms with Crippen molar-refractivity contribution in [2.75, 3.05) is 14.1 Å². The van der Waals surface area contributed by atoms with Crippen LogP contribution >= 0.6 is 12.2 Å². The zero-order chi connectivity index (χ0) is 10.6. The highest BCUT2D eigenvalue weighted by molar-refractivity contribution is 7.87. The summed E-state index contributed by atoms with van der Waals surface area (Å²) >= 11 is 4.70. The monoisotopic (exact) mass is 225 g/mol. The minimum atomic E-state index is -3.44. The highest BCUT2D eigenvalue weighted by Crippen LogP contribution is 1.97. The molecule has 0 amide bonds. The van der Waals surface area contributed by atoms with Crippen LogP contribution in [0.2, 0.25) is 0 Å². The molecule has 0 saturated carbocycles. The number of nitrogens with one attached hydrogen (secondary N) is 1. The molecule has 0 fully saturated rings. The van der Waals surface area contributed by atoms with Gasteiger partial charge in [-0.3, -0.25) is 0 Å². The molecule has 0 aromatic heterocycles. The highest BCUT2D eigenvalue weighted by atomic mass is 32.2. The van der Waals surface area contributed by atoms with Gasteiger partial charge in [0, 0.05) is 14.1 Å². The van der Waals surface area contributed by atoms with Crippen molar-refractivity contribution >= 4 is 27.4 Å². The molecule has 7 heteroatoms. The van der Waals surface area contributed by atoms with Crippen LogP contribution in [0.4, 0.5) is 0 Å². The van der Waals surface area contributed by atoms with E-state index in [1.165, 1.54) is 14.1 Å². The molecule has 0 bridgehead atoms. The lowest BCUT2D eigenvalue weighted by molar-refractivity contribution is 0.499. The first kappa shape index (κ1) is 12.8. The van der Waals surface area contributed by atoms with Gasteiger partial charge in [-0.25, -0.2) is 0 Å². The van der Waals surface area contributed by atoms with Crippen LogP contribution in [0, 0.1) is 0 Å². The fraction of sp³-hybridized carbons (Fsp3) is 0.833. The molecule has 78 valence electrons. The molecular formula is C6H15N3O2S2. The average molecular weight is 225 g/mol. The molecule has 0 saturated heterocycles. The van der Waals surface area contributed by atoms with Crippen LogP contribution in [0.1, 0.15) is 13.3 Å². The number of hydrogen-bond acceptors (Lipinski definition) is 3. The Bertz CT molecular complexity index is 274. The fourth-order valence-electron chi connectivity index (χ4n) is 0.628. The number of hydrogen-bond donors (Lipinski definition) is 2. The number of thiocarbonyl (C=S) groups is 1. The van der Waals surface area contributed by atoms with E-state index in [1.807, 2.05) is 6.92 Å². The van der Waals surface area contributed by atoms with Gasteiger partial charge in [-0.15, -0.1) is 0 Å². The Balaban J connectivity index is 4.50. The third kappa shape index (κ3) is 3.99. The van der Waals surface area contributed by atoms with Crippen molar-refractivity contribution in [2.24, 2.45) is 5.73 Å². The minimum Gasteiger partial charge on any atom is -0.392 e. The van der Waals surface area contributed by atoms with Crippen molar-refractivity contribution < 1.29 is 8.42 Å². The highest BCUT2D eigenvalue weighted by Gasteiger charge is 2.19. The summed E-state index contributed by atoms with van der Waals surface area (Å²) < 4.78 is 26.1. The van der Waals surface area contributed by atoms with Crippen LogP contribution in [0.25, 0.3) is 0 Å². The molecule has 0 aromatic carbocycles. The smallest absolute Gasteiger partial charge is 0.279 e. The van der Waals surface area contributed by atoms with E-state index in [0.717, 1.165) is 4.31 Å². The Hall–Kier alpha value is -0.240. The molecule has 0 heterocycles. The van der Waals surface area contributed by atoms with Crippen LogP contribution < -0.4 is 10.5 Å². The number of rotatable bonds is 5. The van der Waals surface area contributed by atoms with Crippen LogP contribution in [-0.2, 0) is 10.2 Å².